The van der Waals surface area contributed by atoms with Gasteiger partial charge in [0.1, 0.15) is 11.5 Å². The summed E-state index contributed by atoms with van der Waals surface area (Å²) < 4.78 is 10.6. The predicted molar refractivity (Wildman–Crippen MR) is 114 cm³/mol. The summed E-state index contributed by atoms with van der Waals surface area (Å²) in [5.41, 5.74) is 6.20. The van der Waals surface area contributed by atoms with Gasteiger partial charge in [-0.3, -0.25) is 0 Å². The van der Waals surface area contributed by atoms with Crippen LogP contribution in [0.5, 0.6) is 11.5 Å². The first-order valence-corrected chi connectivity index (χ1v) is 9.14. The second kappa shape index (κ2) is 7.97. The number of pyridine rings is 1. The fourth-order valence-corrected chi connectivity index (χ4v) is 3.20. The van der Waals surface area contributed by atoms with Crippen molar-refractivity contribution in [3.63, 3.8) is 0 Å². The Kier molecular flexibility index (Phi) is 5.07. The molecule has 0 amide bonds. The van der Waals surface area contributed by atoms with E-state index in [4.69, 9.17) is 14.5 Å². The summed E-state index contributed by atoms with van der Waals surface area (Å²) in [7, 11) is 3.35. The molecule has 1 aromatic heterocycles. The summed E-state index contributed by atoms with van der Waals surface area (Å²) in [6.07, 6.45) is 0. The smallest absolute Gasteiger partial charge is 0.118 e. The second-order valence-corrected chi connectivity index (χ2v) is 6.42. The van der Waals surface area contributed by atoms with Crippen LogP contribution in [0.3, 0.4) is 0 Å². The van der Waals surface area contributed by atoms with Crippen LogP contribution in [0.1, 0.15) is 0 Å². The molecule has 4 aromatic rings. The molecule has 3 aromatic carbocycles. The van der Waals surface area contributed by atoms with Crippen molar-refractivity contribution in [3.05, 3.63) is 91.0 Å². The average molecular weight is 367 g/mol. The predicted octanol–water partition coefficient (Wildman–Crippen LogP) is 6.10. The normalized spacial score (nSPS) is 10.5. The van der Waals surface area contributed by atoms with Crippen molar-refractivity contribution in [2.45, 2.75) is 0 Å². The van der Waals surface area contributed by atoms with Crippen molar-refractivity contribution in [1.29, 1.82) is 0 Å². The van der Waals surface area contributed by atoms with Crippen LogP contribution in [0, 0.1) is 0 Å². The number of hydrogen-bond acceptors (Lipinski definition) is 3. The fraction of sp³-hybridized carbons (Fsp3) is 0.0800. The van der Waals surface area contributed by atoms with Gasteiger partial charge in [0.05, 0.1) is 25.6 Å². The van der Waals surface area contributed by atoms with Crippen LogP contribution < -0.4 is 9.47 Å². The summed E-state index contributed by atoms with van der Waals surface area (Å²) >= 11 is 0. The lowest BCUT2D eigenvalue weighted by Crippen LogP contribution is -1.93. The van der Waals surface area contributed by atoms with Gasteiger partial charge in [0.2, 0.25) is 0 Å². The van der Waals surface area contributed by atoms with E-state index in [9.17, 15) is 0 Å². The molecule has 0 N–H and O–H groups in total. The van der Waals surface area contributed by atoms with Crippen LogP contribution in [0.2, 0.25) is 0 Å². The first-order valence-electron chi connectivity index (χ1n) is 9.14. The van der Waals surface area contributed by atoms with E-state index in [2.05, 4.69) is 36.4 Å². The molecule has 4 rings (SSSR count). The Labute approximate surface area is 165 Å². The fourth-order valence-electron chi connectivity index (χ4n) is 3.20. The van der Waals surface area contributed by atoms with Crippen molar-refractivity contribution < 1.29 is 9.47 Å². The molecule has 0 fully saturated rings. The monoisotopic (exact) mass is 367 g/mol. The van der Waals surface area contributed by atoms with Gasteiger partial charge in [-0.25, -0.2) is 4.98 Å². The van der Waals surface area contributed by atoms with Crippen molar-refractivity contribution in [1.82, 2.24) is 4.98 Å². The number of rotatable bonds is 5. The largest absolute Gasteiger partial charge is 0.497 e. The molecule has 28 heavy (non-hydrogen) atoms. The molecule has 0 aliphatic rings. The Morgan fingerprint density at radius 1 is 0.536 bits per heavy atom. The Morgan fingerprint density at radius 3 is 1.68 bits per heavy atom. The van der Waals surface area contributed by atoms with Crippen molar-refractivity contribution in [2.75, 3.05) is 14.2 Å². The topological polar surface area (TPSA) is 31.4 Å². The number of methoxy groups -OCH3 is 2. The number of aromatic nitrogens is 1. The standard InChI is InChI=1S/C25H21NO2/c1-27-21-12-8-18(9-13-21)23-16-17-24(19-6-4-3-5-7-19)26-25(23)20-10-14-22(28-2)15-11-20/h3-17H,1-2H3. The molecule has 3 nitrogen and oxygen atoms in total. The SMILES string of the molecule is COc1ccc(-c2ccc(-c3ccccc3)nc2-c2ccc(OC)cc2)cc1. The van der Waals surface area contributed by atoms with E-state index in [1.54, 1.807) is 14.2 Å². The molecule has 0 saturated heterocycles. The zero-order valence-electron chi connectivity index (χ0n) is 15.9. The molecular weight excluding hydrogens is 346 g/mol. The van der Waals surface area contributed by atoms with Crippen LogP contribution in [0.4, 0.5) is 0 Å². The minimum atomic E-state index is 0.828. The van der Waals surface area contributed by atoms with Gasteiger partial charge in [-0.2, -0.15) is 0 Å². The number of ether oxygens (including phenoxy) is 2. The van der Waals surface area contributed by atoms with Gasteiger partial charge in [0.15, 0.2) is 0 Å². The van der Waals surface area contributed by atoms with E-state index >= 15 is 0 Å². The second-order valence-electron chi connectivity index (χ2n) is 6.42. The van der Waals surface area contributed by atoms with Crippen LogP contribution >= 0.6 is 0 Å². The quantitative estimate of drug-likeness (QED) is 0.427. The third-order valence-corrected chi connectivity index (χ3v) is 4.73. The van der Waals surface area contributed by atoms with Crippen LogP contribution in [-0.4, -0.2) is 19.2 Å². The lowest BCUT2D eigenvalue weighted by Gasteiger charge is -2.13. The number of nitrogens with zero attached hydrogens (tertiary/aromatic N) is 1. The molecule has 0 spiro atoms. The van der Waals surface area contributed by atoms with E-state index in [1.807, 2.05) is 54.6 Å². The third kappa shape index (κ3) is 3.60. The number of hydrogen-bond donors (Lipinski definition) is 0. The van der Waals surface area contributed by atoms with Crippen molar-refractivity contribution in [3.8, 4) is 45.1 Å². The molecule has 3 heteroatoms. The zero-order valence-corrected chi connectivity index (χ0v) is 15.9. The van der Waals surface area contributed by atoms with E-state index in [0.717, 1.165) is 45.1 Å². The molecule has 0 radical (unpaired) electrons. The highest BCUT2D eigenvalue weighted by Gasteiger charge is 2.12. The summed E-state index contributed by atoms with van der Waals surface area (Å²) in [5.74, 6) is 1.66. The summed E-state index contributed by atoms with van der Waals surface area (Å²) in [4.78, 5) is 5.02. The lowest BCUT2D eigenvalue weighted by atomic mass is 9.97. The Balaban J connectivity index is 1.86. The van der Waals surface area contributed by atoms with E-state index in [-0.39, 0.29) is 0 Å². The molecule has 0 aliphatic heterocycles. The Hall–Kier alpha value is -3.59. The highest BCUT2D eigenvalue weighted by molar-refractivity contribution is 5.83. The minimum Gasteiger partial charge on any atom is -0.497 e. The van der Waals surface area contributed by atoms with Crippen molar-refractivity contribution in [2.24, 2.45) is 0 Å². The van der Waals surface area contributed by atoms with E-state index in [1.165, 1.54) is 0 Å². The maximum Gasteiger partial charge on any atom is 0.118 e. The van der Waals surface area contributed by atoms with E-state index < -0.39 is 0 Å². The Morgan fingerprint density at radius 2 is 1.11 bits per heavy atom. The van der Waals surface area contributed by atoms with E-state index in [0.29, 0.717) is 0 Å². The van der Waals surface area contributed by atoms with Crippen LogP contribution in [-0.2, 0) is 0 Å². The molecule has 1 heterocycles. The highest BCUT2D eigenvalue weighted by Crippen LogP contribution is 2.34. The van der Waals surface area contributed by atoms with Gasteiger partial charge >= 0.3 is 0 Å². The summed E-state index contributed by atoms with van der Waals surface area (Å²) in [6.45, 7) is 0. The van der Waals surface area contributed by atoms with Gasteiger partial charge in [-0.15, -0.1) is 0 Å². The molecule has 138 valence electrons. The first-order chi connectivity index (χ1) is 13.8. The zero-order chi connectivity index (χ0) is 19.3. The highest BCUT2D eigenvalue weighted by atomic mass is 16.5. The van der Waals surface area contributed by atoms with Crippen molar-refractivity contribution >= 4 is 0 Å². The van der Waals surface area contributed by atoms with Gasteiger partial charge in [0, 0.05) is 16.7 Å². The minimum absolute atomic E-state index is 0.828. The maximum absolute atomic E-state index is 5.30. The molecule has 0 aliphatic carbocycles. The van der Waals surface area contributed by atoms with Gasteiger partial charge in [-0.1, -0.05) is 48.5 Å². The van der Waals surface area contributed by atoms with Crippen LogP contribution in [0.25, 0.3) is 33.6 Å². The molecular formula is C25H21NO2. The van der Waals surface area contributed by atoms with Gasteiger partial charge < -0.3 is 9.47 Å². The lowest BCUT2D eigenvalue weighted by molar-refractivity contribution is 0.414. The van der Waals surface area contributed by atoms with Crippen LogP contribution in [0.15, 0.2) is 91.0 Å². The summed E-state index contributed by atoms with van der Waals surface area (Å²) in [5, 5.41) is 0. The summed E-state index contributed by atoms with van der Waals surface area (Å²) in [6, 6.07) is 30.5. The van der Waals surface area contributed by atoms with Gasteiger partial charge in [0.25, 0.3) is 0 Å². The molecule has 0 unspecified atom stereocenters. The molecule has 0 bridgehead atoms. The number of benzene rings is 3. The van der Waals surface area contributed by atoms with Gasteiger partial charge in [-0.05, 0) is 48.0 Å². The Bertz CT molecular complexity index is 1060. The first kappa shape index (κ1) is 17.8. The molecule has 0 saturated carbocycles. The third-order valence-electron chi connectivity index (χ3n) is 4.73. The average Bonchev–Trinajstić information content (AvgIpc) is 2.79. The molecule has 0 atom stereocenters. The maximum atomic E-state index is 5.30.